The van der Waals surface area contributed by atoms with Crippen LogP contribution in [0.3, 0.4) is 0 Å². The van der Waals surface area contributed by atoms with Gasteiger partial charge in [0, 0.05) is 36.8 Å². The van der Waals surface area contributed by atoms with E-state index in [1.165, 1.54) is 22.5 Å². The molecule has 0 aliphatic carbocycles. The predicted molar refractivity (Wildman–Crippen MR) is 149 cm³/mol. The average molecular weight is 520 g/mol. The number of rotatable bonds is 8. The highest BCUT2D eigenvalue weighted by molar-refractivity contribution is 7.22. The van der Waals surface area contributed by atoms with Gasteiger partial charge in [0.2, 0.25) is 0 Å². The number of aromatic nitrogens is 1. The molecule has 1 aromatic heterocycles. The van der Waals surface area contributed by atoms with Gasteiger partial charge in [-0.1, -0.05) is 65.4 Å². The van der Waals surface area contributed by atoms with Crippen molar-refractivity contribution >= 4 is 44.2 Å². The molecule has 0 unspecified atom stereocenters. The molecule has 1 aliphatic heterocycles. The van der Waals surface area contributed by atoms with Crippen LogP contribution in [-0.4, -0.2) is 55.2 Å². The van der Waals surface area contributed by atoms with E-state index in [4.69, 9.17) is 21.3 Å². The molecule has 1 amide bonds. The van der Waals surface area contributed by atoms with E-state index in [2.05, 4.69) is 41.3 Å². The number of carbonyl (C=O) groups is 1. The number of benzene rings is 3. The van der Waals surface area contributed by atoms with Gasteiger partial charge in [-0.25, -0.2) is 4.98 Å². The molecule has 0 bridgehead atoms. The molecule has 1 aliphatic rings. The second-order valence-corrected chi connectivity index (χ2v) is 10.6. The minimum Gasteiger partial charge on any atom is -0.379 e. The highest BCUT2D eigenvalue weighted by atomic mass is 35.5. The normalized spacial score (nSPS) is 14.3. The molecule has 5 nitrogen and oxygen atoms in total. The minimum absolute atomic E-state index is 0.0222. The molecule has 1 fully saturated rings. The van der Waals surface area contributed by atoms with Gasteiger partial charge in [-0.15, -0.1) is 0 Å². The second-order valence-electron chi connectivity index (χ2n) is 9.19. The molecule has 0 saturated carbocycles. The number of hydrogen-bond donors (Lipinski definition) is 0. The molecular formula is C29H30ClN3O2S. The van der Waals surface area contributed by atoms with Gasteiger partial charge in [0.05, 0.1) is 23.4 Å². The number of aryl methyl sites for hydroxylation is 1. The predicted octanol–water partition coefficient (Wildman–Crippen LogP) is 6.22. The van der Waals surface area contributed by atoms with Crippen LogP contribution in [0.4, 0.5) is 5.13 Å². The van der Waals surface area contributed by atoms with E-state index in [1.54, 1.807) is 0 Å². The van der Waals surface area contributed by atoms with Crippen molar-refractivity contribution < 1.29 is 9.53 Å². The largest absolute Gasteiger partial charge is 0.379 e. The van der Waals surface area contributed by atoms with E-state index in [0.717, 1.165) is 66.6 Å². The Balaban J connectivity index is 1.37. The molecule has 0 N–H and O–H groups in total. The first-order valence-electron chi connectivity index (χ1n) is 12.4. The van der Waals surface area contributed by atoms with Crippen molar-refractivity contribution in [3.05, 3.63) is 94.0 Å². The zero-order chi connectivity index (χ0) is 24.9. The molecule has 5 rings (SSSR count). The number of nitrogens with zero attached hydrogens (tertiary/aromatic N) is 3. The third-order valence-electron chi connectivity index (χ3n) is 6.53. The van der Waals surface area contributed by atoms with Gasteiger partial charge < -0.3 is 4.74 Å². The lowest BCUT2D eigenvalue weighted by molar-refractivity contribution is 0.0376. The number of thiazole rings is 1. The summed E-state index contributed by atoms with van der Waals surface area (Å²) in [4.78, 5) is 22.9. The second kappa shape index (κ2) is 11.5. The summed E-state index contributed by atoms with van der Waals surface area (Å²) in [7, 11) is 0. The molecule has 36 heavy (non-hydrogen) atoms. The fourth-order valence-corrected chi connectivity index (χ4v) is 6.02. The van der Waals surface area contributed by atoms with Crippen LogP contribution in [0, 0.1) is 6.92 Å². The monoisotopic (exact) mass is 519 g/mol. The highest BCUT2D eigenvalue weighted by Crippen LogP contribution is 2.34. The topological polar surface area (TPSA) is 45.7 Å². The maximum Gasteiger partial charge on any atom is 0.260 e. The Hall–Kier alpha value is -2.77. The average Bonchev–Trinajstić information content (AvgIpc) is 3.32. The van der Waals surface area contributed by atoms with Gasteiger partial charge in [-0.05, 0) is 60.7 Å². The van der Waals surface area contributed by atoms with E-state index in [1.807, 2.05) is 42.2 Å². The number of amides is 1. The van der Waals surface area contributed by atoms with Crippen LogP contribution in [0.15, 0.2) is 66.7 Å². The molecule has 4 aromatic rings. The maximum absolute atomic E-state index is 13.8. The van der Waals surface area contributed by atoms with Crippen LogP contribution in [0.5, 0.6) is 0 Å². The lowest BCUT2D eigenvalue weighted by Gasteiger charge is -2.27. The Morgan fingerprint density at radius 1 is 1.06 bits per heavy atom. The number of fused-ring (bicyclic) bond motifs is 1. The molecule has 0 atom stereocenters. The Labute approximate surface area is 221 Å². The van der Waals surface area contributed by atoms with Crippen LogP contribution in [0.2, 0.25) is 5.02 Å². The molecule has 0 spiro atoms. The van der Waals surface area contributed by atoms with E-state index < -0.39 is 0 Å². The standard InChI is InChI=1S/C29H30ClN3O2S/c1-21-18-25(30)20-26-27(21)31-29(36-26)33(13-5-12-32-14-16-35-17-15-32)28(34)24-10-8-23(9-11-24)19-22-6-3-2-4-7-22/h2-4,6-11,18,20H,5,12-17,19H2,1H3. The van der Waals surface area contributed by atoms with E-state index in [-0.39, 0.29) is 5.91 Å². The van der Waals surface area contributed by atoms with Gasteiger partial charge in [0.1, 0.15) is 0 Å². The summed E-state index contributed by atoms with van der Waals surface area (Å²) in [6.45, 7) is 6.97. The van der Waals surface area contributed by atoms with Gasteiger partial charge in [0.25, 0.3) is 5.91 Å². The first-order chi connectivity index (χ1) is 17.6. The number of morpholine rings is 1. The zero-order valence-electron chi connectivity index (χ0n) is 20.5. The van der Waals surface area contributed by atoms with Gasteiger partial charge >= 0.3 is 0 Å². The van der Waals surface area contributed by atoms with Crippen molar-refractivity contribution in [2.24, 2.45) is 0 Å². The molecule has 2 heterocycles. The van der Waals surface area contributed by atoms with Crippen LogP contribution >= 0.6 is 22.9 Å². The Morgan fingerprint density at radius 3 is 2.53 bits per heavy atom. The lowest BCUT2D eigenvalue weighted by atomic mass is 10.0. The van der Waals surface area contributed by atoms with Crippen LogP contribution in [0.25, 0.3) is 10.2 Å². The van der Waals surface area contributed by atoms with Crippen molar-refractivity contribution in [1.29, 1.82) is 0 Å². The Kier molecular flexibility index (Phi) is 7.97. The van der Waals surface area contributed by atoms with E-state index in [0.29, 0.717) is 17.1 Å². The van der Waals surface area contributed by atoms with Gasteiger partial charge in [0.15, 0.2) is 5.13 Å². The fourth-order valence-electron chi connectivity index (χ4n) is 4.57. The zero-order valence-corrected chi connectivity index (χ0v) is 22.0. The maximum atomic E-state index is 13.8. The summed E-state index contributed by atoms with van der Waals surface area (Å²) in [6, 6.07) is 22.2. The molecule has 1 saturated heterocycles. The fraction of sp³-hybridized carbons (Fsp3) is 0.310. The molecule has 186 valence electrons. The number of carbonyl (C=O) groups excluding carboxylic acids is 1. The summed E-state index contributed by atoms with van der Waals surface area (Å²) in [5.41, 5.74) is 5.04. The number of hydrogen-bond acceptors (Lipinski definition) is 5. The minimum atomic E-state index is -0.0222. The Bertz CT molecular complexity index is 1320. The Morgan fingerprint density at radius 2 is 1.78 bits per heavy atom. The van der Waals surface area contributed by atoms with Crippen LogP contribution in [-0.2, 0) is 11.2 Å². The quantitative estimate of drug-likeness (QED) is 0.277. The smallest absolute Gasteiger partial charge is 0.260 e. The molecular weight excluding hydrogens is 490 g/mol. The highest BCUT2D eigenvalue weighted by Gasteiger charge is 2.22. The molecule has 3 aromatic carbocycles. The third-order valence-corrected chi connectivity index (χ3v) is 7.77. The summed E-state index contributed by atoms with van der Waals surface area (Å²) >= 11 is 7.82. The first-order valence-corrected chi connectivity index (χ1v) is 13.6. The van der Waals surface area contributed by atoms with Crippen LogP contribution < -0.4 is 4.90 Å². The van der Waals surface area contributed by atoms with Crippen molar-refractivity contribution in [2.45, 2.75) is 19.8 Å². The summed E-state index contributed by atoms with van der Waals surface area (Å²) in [5, 5.41) is 1.41. The number of halogens is 1. The van der Waals surface area contributed by atoms with Crippen molar-refractivity contribution in [1.82, 2.24) is 9.88 Å². The van der Waals surface area contributed by atoms with Gasteiger partial charge in [-0.2, -0.15) is 0 Å². The van der Waals surface area contributed by atoms with Crippen LogP contribution in [0.1, 0.15) is 33.5 Å². The summed E-state index contributed by atoms with van der Waals surface area (Å²) in [6.07, 6.45) is 1.71. The number of anilines is 1. The summed E-state index contributed by atoms with van der Waals surface area (Å²) < 4.78 is 6.47. The lowest BCUT2D eigenvalue weighted by Crippen LogP contribution is -2.39. The molecule has 7 heteroatoms. The van der Waals surface area contributed by atoms with Crippen molar-refractivity contribution in [2.75, 3.05) is 44.3 Å². The van der Waals surface area contributed by atoms with E-state index >= 15 is 0 Å². The van der Waals surface area contributed by atoms with Gasteiger partial charge in [-0.3, -0.25) is 14.6 Å². The van der Waals surface area contributed by atoms with Crippen molar-refractivity contribution in [3.63, 3.8) is 0 Å². The SMILES string of the molecule is Cc1cc(Cl)cc2sc(N(CCCN3CCOCC3)C(=O)c3ccc(Cc4ccccc4)cc3)nc12. The molecule has 0 radical (unpaired) electrons. The summed E-state index contributed by atoms with van der Waals surface area (Å²) in [5.74, 6) is -0.0222. The van der Waals surface area contributed by atoms with Crippen molar-refractivity contribution in [3.8, 4) is 0 Å². The number of ether oxygens (including phenoxy) is 1. The first kappa shape index (κ1) is 24.9. The van der Waals surface area contributed by atoms with E-state index in [9.17, 15) is 4.79 Å². The third kappa shape index (κ3) is 5.95.